The van der Waals surface area contributed by atoms with Crippen LogP contribution in [-0.2, 0) is 9.59 Å². The van der Waals surface area contributed by atoms with Crippen LogP contribution in [0.25, 0.3) is 6.08 Å². The normalized spacial score (nSPS) is 17.2. The Hall–Kier alpha value is -2.70. The number of amides is 1. The second kappa shape index (κ2) is 8.33. The highest BCUT2D eigenvalue weighted by Gasteiger charge is 2.42. The molecule has 1 amide bonds. The standard InChI is InChI=1S/C21H18BrNO4/c22-16-9-7-15(8-10-16)19-18(20(26)21(27)23(19)12-13-24)17(25)11-6-14-4-2-1-3-5-14/h1-11,19,24,26H,12-13H2/b11-6+/t19-/m1/s1. The minimum Gasteiger partial charge on any atom is -0.503 e. The highest BCUT2D eigenvalue weighted by atomic mass is 79.9. The molecule has 1 heterocycles. The van der Waals surface area contributed by atoms with Gasteiger partial charge in [0.15, 0.2) is 11.5 Å². The van der Waals surface area contributed by atoms with E-state index in [1.54, 1.807) is 30.3 Å². The van der Waals surface area contributed by atoms with Crippen molar-refractivity contribution >= 4 is 33.7 Å². The third-order valence-electron chi connectivity index (χ3n) is 4.32. The number of nitrogens with zero attached hydrogens (tertiary/aromatic N) is 1. The van der Waals surface area contributed by atoms with Gasteiger partial charge in [-0.1, -0.05) is 64.5 Å². The first-order valence-corrected chi connectivity index (χ1v) is 9.20. The first-order valence-electron chi connectivity index (χ1n) is 8.41. The van der Waals surface area contributed by atoms with E-state index >= 15 is 0 Å². The lowest BCUT2D eigenvalue weighted by Crippen LogP contribution is -2.33. The number of β-amino-alcohol motifs (C(OH)–C–C–N with tert-alkyl or cyclic N) is 1. The fourth-order valence-corrected chi connectivity index (χ4v) is 3.33. The summed E-state index contributed by atoms with van der Waals surface area (Å²) >= 11 is 3.36. The summed E-state index contributed by atoms with van der Waals surface area (Å²) in [6.45, 7) is -0.254. The third kappa shape index (κ3) is 4.02. The van der Waals surface area contributed by atoms with Crippen LogP contribution < -0.4 is 0 Å². The number of allylic oxidation sites excluding steroid dienone is 1. The number of rotatable bonds is 6. The molecule has 1 aliphatic heterocycles. The molecule has 0 saturated heterocycles. The molecule has 0 saturated carbocycles. The van der Waals surface area contributed by atoms with E-state index in [1.807, 2.05) is 30.3 Å². The number of aliphatic hydroxyl groups excluding tert-OH is 2. The molecule has 0 radical (unpaired) electrons. The molecular formula is C21H18BrNO4. The van der Waals surface area contributed by atoms with Crippen LogP contribution in [0.1, 0.15) is 17.2 Å². The van der Waals surface area contributed by atoms with Crippen molar-refractivity contribution in [2.45, 2.75) is 6.04 Å². The largest absolute Gasteiger partial charge is 0.503 e. The second-order valence-corrected chi connectivity index (χ2v) is 6.96. The molecule has 5 nitrogen and oxygen atoms in total. The van der Waals surface area contributed by atoms with Crippen LogP contribution in [0.3, 0.4) is 0 Å². The summed E-state index contributed by atoms with van der Waals surface area (Å²) in [4.78, 5) is 26.6. The number of benzene rings is 2. The Morgan fingerprint density at radius 2 is 1.78 bits per heavy atom. The van der Waals surface area contributed by atoms with Crippen molar-refractivity contribution in [3.05, 3.63) is 87.6 Å². The molecule has 3 rings (SSSR count). The van der Waals surface area contributed by atoms with E-state index in [-0.39, 0.29) is 18.7 Å². The van der Waals surface area contributed by atoms with Gasteiger partial charge in [0.25, 0.3) is 5.91 Å². The third-order valence-corrected chi connectivity index (χ3v) is 4.85. The summed E-state index contributed by atoms with van der Waals surface area (Å²) < 4.78 is 0.856. The minimum absolute atomic E-state index is 0.0166. The van der Waals surface area contributed by atoms with Crippen LogP contribution in [-0.4, -0.2) is 40.0 Å². The van der Waals surface area contributed by atoms with E-state index in [0.717, 1.165) is 10.0 Å². The molecule has 2 aromatic rings. The molecule has 27 heavy (non-hydrogen) atoms. The lowest BCUT2D eigenvalue weighted by Gasteiger charge is -2.25. The van der Waals surface area contributed by atoms with Gasteiger partial charge in [0, 0.05) is 11.0 Å². The Kier molecular flexibility index (Phi) is 5.88. The van der Waals surface area contributed by atoms with Gasteiger partial charge in [-0.05, 0) is 29.3 Å². The van der Waals surface area contributed by atoms with Gasteiger partial charge in [-0.25, -0.2) is 0 Å². The molecule has 1 aliphatic rings. The van der Waals surface area contributed by atoms with Crippen LogP contribution in [0.4, 0.5) is 0 Å². The maximum atomic E-state index is 12.8. The smallest absolute Gasteiger partial charge is 0.290 e. The Labute approximate surface area is 165 Å². The average molecular weight is 428 g/mol. The highest BCUT2D eigenvalue weighted by Crippen LogP contribution is 2.38. The van der Waals surface area contributed by atoms with Gasteiger partial charge in [0.05, 0.1) is 18.2 Å². The van der Waals surface area contributed by atoms with Crippen LogP contribution >= 0.6 is 15.9 Å². The molecule has 0 aromatic heterocycles. The number of hydrogen-bond acceptors (Lipinski definition) is 4. The van der Waals surface area contributed by atoms with Crippen LogP contribution in [0.15, 0.2) is 76.5 Å². The quantitative estimate of drug-likeness (QED) is 0.692. The van der Waals surface area contributed by atoms with Crippen molar-refractivity contribution in [2.75, 3.05) is 13.2 Å². The van der Waals surface area contributed by atoms with Gasteiger partial charge in [0.2, 0.25) is 0 Å². The van der Waals surface area contributed by atoms with Crippen molar-refractivity contribution in [2.24, 2.45) is 0 Å². The molecule has 0 aliphatic carbocycles. The fraction of sp³-hybridized carbons (Fsp3) is 0.143. The average Bonchev–Trinajstić information content (AvgIpc) is 2.93. The number of carbonyl (C=O) groups is 2. The predicted octanol–water partition coefficient (Wildman–Crippen LogP) is 3.42. The van der Waals surface area contributed by atoms with Gasteiger partial charge >= 0.3 is 0 Å². The maximum Gasteiger partial charge on any atom is 0.290 e. The second-order valence-electron chi connectivity index (χ2n) is 6.05. The monoisotopic (exact) mass is 427 g/mol. The number of carbonyl (C=O) groups excluding carboxylic acids is 2. The van der Waals surface area contributed by atoms with E-state index in [0.29, 0.717) is 5.56 Å². The van der Waals surface area contributed by atoms with E-state index < -0.39 is 23.5 Å². The molecule has 2 aromatic carbocycles. The van der Waals surface area contributed by atoms with Gasteiger partial charge < -0.3 is 15.1 Å². The van der Waals surface area contributed by atoms with E-state index in [9.17, 15) is 19.8 Å². The summed E-state index contributed by atoms with van der Waals surface area (Å²) in [5.74, 6) is -1.68. The van der Waals surface area contributed by atoms with Gasteiger partial charge in [0.1, 0.15) is 0 Å². The maximum absolute atomic E-state index is 12.8. The van der Waals surface area contributed by atoms with Crippen molar-refractivity contribution in [3.63, 3.8) is 0 Å². The fourth-order valence-electron chi connectivity index (χ4n) is 3.06. The Morgan fingerprint density at radius 1 is 1.11 bits per heavy atom. The van der Waals surface area contributed by atoms with Gasteiger partial charge in [-0.3, -0.25) is 9.59 Å². The molecule has 0 fully saturated rings. The number of hydrogen-bond donors (Lipinski definition) is 2. The molecular weight excluding hydrogens is 410 g/mol. The van der Waals surface area contributed by atoms with Crippen LogP contribution in [0, 0.1) is 0 Å². The van der Waals surface area contributed by atoms with E-state index in [1.165, 1.54) is 11.0 Å². The molecule has 0 bridgehead atoms. The zero-order valence-electron chi connectivity index (χ0n) is 14.4. The summed E-state index contributed by atoms with van der Waals surface area (Å²) in [6, 6.07) is 15.7. The summed E-state index contributed by atoms with van der Waals surface area (Å²) in [5, 5.41) is 19.7. The van der Waals surface area contributed by atoms with Crippen molar-refractivity contribution in [1.29, 1.82) is 0 Å². The Morgan fingerprint density at radius 3 is 2.41 bits per heavy atom. The number of halogens is 1. The minimum atomic E-state index is -0.745. The Balaban J connectivity index is 1.98. The van der Waals surface area contributed by atoms with Crippen molar-refractivity contribution in [1.82, 2.24) is 4.90 Å². The molecule has 2 N–H and O–H groups in total. The van der Waals surface area contributed by atoms with Gasteiger partial charge in [-0.2, -0.15) is 0 Å². The number of aliphatic hydroxyl groups is 2. The lowest BCUT2D eigenvalue weighted by molar-refractivity contribution is -0.129. The topological polar surface area (TPSA) is 77.8 Å². The van der Waals surface area contributed by atoms with Crippen LogP contribution in [0.2, 0.25) is 0 Å². The molecule has 6 heteroatoms. The van der Waals surface area contributed by atoms with E-state index in [4.69, 9.17) is 0 Å². The summed E-state index contributed by atoms with van der Waals surface area (Å²) in [5.41, 5.74) is 1.53. The molecule has 1 atom stereocenters. The first-order chi connectivity index (χ1) is 13.0. The number of ketones is 1. The van der Waals surface area contributed by atoms with E-state index in [2.05, 4.69) is 15.9 Å². The predicted molar refractivity (Wildman–Crippen MR) is 106 cm³/mol. The van der Waals surface area contributed by atoms with Gasteiger partial charge in [-0.15, -0.1) is 0 Å². The molecule has 0 unspecified atom stereocenters. The van der Waals surface area contributed by atoms with Crippen molar-refractivity contribution < 1.29 is 19.8 Å². The Bertz CT molecular complexity index is 904. The first kappa shape index (κ1) is 19.1. The lowest BCUT2D eigenvalue weighted by atomic mass is 9.95. The summed E-state index contributed by atoms with van der Waals surface area (Å²) in [6.07, 6.45) is 2.99. The SMILES string of the molecule is O=C(/C=C/c1ccccc1)C1=C(O)C(=O)N(CCO)[C@@H]1c1ccc(Br)cc1. The zero-order chi connectivity index (χ0) is 19.4. The molecule has 0 spiro atoms. The zero-order valence-corrected chi connectivity index (χ0v) is 16.0. The summed E-state index contributed by atoms with van der Waals surface area (Å²) in [7, 11) is 0. The van der Waals surface area contributed by atoms with Crippen LogP contribution in [0.5, 0.6) is 0 Å². The molecule has 138 valence electrons. The highest BCUT2D eigenvalue weighted by molar-refractivity contribution is 9.10. The van der Waals surface area contributed by atoms with Crippen molar-refractivity contribution in [3.8, 4) is 0 Å².